The quantitative estimate of drug-likeness (QED) is 0.748. The summed E-state index contributed by atoms with van der Waals surface area (Å²) in [4.78, 5) is 7.88. The number of hydrogen-bond donors (Lipinski definition) is 1. The van der Waals surface area contributed by atoms with Crippen LogP contribution in [0.1, 0.15) is 17.8 Å². The van der Waals surface area contributed by atoms with Gasteiger partial charge in [-0.15, -0.1) is 0 Å². The normalized spacial score (nSPS) is 11.0. The number of nitrogens with zero attached hydrogens (tertiary/aromatic N) is 1. The van der Waals surface area contributed by atoms with Crippen molar-refractivity contribution in [1.82, 2.24) is 9.97 Å². The number of para-hydroxylation sites is 1. The number of aryl methyl sites for hydroxylation is 2. The predicted octanol–water partition coefficient (Wildman–Crippen LogP) is 4.39. The number of benzene rings is 2. The molecule has 19 heavy (non-hydrogen) atoms. The van der Waals surface area contributed by atoms with Crippen LogP contribution in [0.15, 0.2) is 48.5 Å². The van der Waals surface area contributed by atoms with E-state index in [2.05, 4.69) is 34.2 Å². The number of fused-ring (bicyclic) bond motifs is 1. The summed E-state index contributed by atoms with van der Waals surface area (Å²) in [7, 11) is 0. The molecule has 0 radical (unpaired) electrons. The molecule has 0 unspecified atom stereocenters. The molecule has 2 aromatic carbocycles. The Bertz CT molecular complexity index is 674. The van der Waals surface area contributed by atoms with E-state index >= 15 is 0 Å². The van der Waals surface area contributed by atoms with Gasteiger partial charge in [-0.3, -0.25) is 0 Å². The van der Waals surface area contributed by atoms with E-state index in [-0.39, 0.29) is 0 Å². The van der Waals surface area contributed by atoms with Crippen molar-refractivity contribution in [1.29, 1.82) is 0 Å². The molecule has 1 heterocycles. The topological polar surface area (TPSA) is 28.7 Å². The largest absolute Gasteiger partial charge is 0.342 e. The standard InChI is InChI=1S/C16H15ClN2/c17-13-9-5-10-14-16(13)19-15(18-14)11-4-8-12-6-2-1-3-7-12/h1-3,5-7,9-10H,4,8,11H2,(H,18,19). The van der Waals surface area contributed by atoms with Gasteiger partial charge in [-0.2, -0.15) is 0 Å². The second kappa shape index (κ2) is 5.45. The Morgan fingerprint density at radius 1 is 0.947 bits per heavy atom. The smallest absolute Gasteiger partial charge is 0.107 e. The number of nitrogens with one attached hydrogen (secondary N) is 1. The summed E-state index contributed by atoms with van der Waals surface area (Å²) in [5.74, 6) is 1.01. The Morgan fingerprint density at radius 2 is 1.79 bits per heavy atom. The zero-order valence-electron chi connectivity index (χ0n) is 10.6. The highest BCUT2D eigenvalue weighted by atomic mass is 35.5. The number of hydrogen-bond acceptors (Lipinski definition) is 1. The summed E-state index contributed by atoms with van der Waals surface area (Å²) in [5, 5.41) is 0.711. The maximum atomic E-state index is 6.12. The van der Waals surface area contributed by atoms with Crippen LogP contribution in [0.25, 0.3) is 11.0 Å². The van der Waals surface area contributed by atoms with Gasteiger partial charge in [0.05, 0.1) is 10.5 Å². The van der Waals surface area contributed by atoms with Crippen LogP contribution in [0.3, 0.4) is 0 Å². The van der Waals surface area contributed by atoms with E-state index in [1.807, 2.05) is 24.3 Å². The summed E-state index contributed by atoms with van der Waals surface area (Å²) < 4.78 is 0. The molecule has 0 aliphatic heterocycles. The molecule has 0 spiro atoms. The molecule has 2 nitrogen and oxygen atoms in total. The Kier molecular flexibility index (Phi) is 3.51. The average Bonchev–Trinajstić information content (AvgIpc) is 2.84. The highest BCUT2D eigenvalue weighted by Crippen LogP contribution is 2.21. The van der Waals surface area contributed by atoms with Crippen molar-refractivity contribution >= 4 is 22.6 Å². The van der Waals surface area contributed by atoms with E-state index < -0.39 is 0 Å². The molecule has 0 aliphatic rings. The van der Waals surface area contributed by atoms with Crippen molar-refractivity contribution in [3.05, 3.63) is 64.9 Å². The molecule has 0 saturated heterocycles. The second-order valence-electron chi connectivity index (χ2n) is 4.66. The molecule has 3 heteroatoms. The average molecular weight is 271 g/mol. The summed E-state index contributed by atoms with van der Waals surface area (Å²) in [6, 6.07) is 16.4. The molecule has 0 fully saturated rings. The lowest BCUT2D eigenvalue weighted by molar-refractivity contribution is 0.786. The van der Waals surface area contributed by atoms with Gasteiger partial charge in [-0.1, -0.05) is 48.0 Å². The number of rotatable bonds is 4. The fourth-order valence-electron chi connectivity index (χ4n) is 2.27. The number of imidazole rings is 1. The molecule has 1 N–H and O–H groups in total. The van der Waals surface area contributed by atoms with Gasteiger partial charge in [0.15, 0.2) is 0 Å². The first-order valence-electron chi connectivity index (χ1n) is 6.50. The zero-order chi connectivity index (χ0) is 13.1. The highest BCUT2D eigenvalue weighted by Gasteiger charge is 2.05. The van der Waals surface area contributed by atoms with E-state index in [1.165, 1.54) is 5.56 Å². The molecule has 3 rings (SSSR count). The molecule has 0 aliphatic carbocycles. The van der Waals surface area contributed by atoms with E-state index in [1.54, 1.807) is 0 Å². The molecular formula is C16H15ClN2. The number of halogens is 1. The minimum atomic E-state index is 0.711. The van der Waals surface area contributed by atoms with Crippen LogP contribution in [0.2, 0.25) is 5.02 Å². The van der Waals surface area contributed by atoms with Crippen molar-refractivity contribution in [3.8, 4) is 0 Å². The van der Waals surface area contributed by atoms with Crippen molar-refractivity contribution in [2.45, 2.75) is 19.3 Å². The fourth-order valence-corrected chi connectivity index (χ4v) is 2.49. The van der Waals surface area contributed by atoms with Gasteiger partial charge in [-0.25, -0.2) is 4.98 Å². The Labute approximate surface area is 117 Å². The lowest BCUT2D eigenvalue weighted by atomic mass is 10.1. The number of aromatic amines is 1. The van der Waals surface area contributed by atoms with Crippen molar-refractivity contribution < 1.29 is 0 Å². The molecule has 96 valence electrons. The molecule has 0 bridgehead atoms. The fraction of sp³-hybridized carbons (Fsp3) is 0.188. The van der Waals surface area contributed by atoms with Gasteiger partial charge in [0.1, 0.15) is 11.3 Å². The third-order valence-corrected chi connectivity index (χ3v) is 3.54. The van der Waals surface area contributed by atoms with E-state index in [4.69, 9.17) is 11.6 Å². The molecule has 0 saturated carbocycles. The third-order valence-electron chi connectivity index (χ3n) is 3.23. The van der Waals surface area contributed by atoms with Crippen LogP contribution < -0.4 is 0 Å². The lowest BCUT2D eigenvalue weighted by Crippen LogP contribution is -1.91. The monoisotopic (exact) mass is 270 g/mol. The second-order valence-corrected chi connectivity index (χ2v) is 5.07. The van der Waals surface area contributed by atoms with Crippen LogP contribution in [0.4, 0.5) is 0 Å². The zero-order valence-corrected chi connectivity index (χ0v) is 11.3. The van der Waals surface area contributed by atoms with Crippen LogP contribution in [0, 0.1) is 0 Å². The van der Waals surface area contributed by atoms with E-state index in [0.29, 0.717) is 5.02 Å². The first-order valence-corrected chi connectivity index (χ1v) is 6.88. The number of H-pyrrole nitrogens is 1. The molecular weight excluding hydrogens is 256 g/mol. The van der Waals surface area contributed by atoms with Crippen LogP contribution in [-0.4, -0.2) is 9.97 Å². The Hall–Kier alpha value is -1.80. The predicted molar refractivity (Wildman–Crippen MR) is 79.6 cm³/mol. The third kappa shape index (κ3) is 2.79. The molecule has 0 amide bonds. The van der Waals surface area contributed by atoms with Crippen LogP contribution >= 0.6 is 11.6 Å². The summed E-state index contributed by atoms with van der Waals surface area (Å²) in [6.45, 7) is 0. The Morgan fingerprint density at radius 3 is 2.58 bits per heavy atom. The highest BCUT2D eigenvalue weighted by molar-refractivity contribution is 6.34. The van der Waals surface area contributed by atoms with E-state index in [9.17, 15) is 0 Å². The maximum absolute atomic E-state index is 6.12. The first-order chi connectivity index (χ1) is 9.33. The van der Waals surface area contributed by atoms with Gasteiger partial charge in [-0.05, 0) is 30.5 Å². The van der Waals surface area contributed by atoms with Gasteiger partial charge in [0.25, 0.3) is 0 Å². The van der Waals surface area contributed by atoms with Gasteiger partial charge < -0.3 is 4.98 Å². The van der Waals surface area contributed by atoms with Crippen molar-refractivity contribution in [2.24, 2.45) is 0 Å². The molecule has 0 atom stereocenters. The first kappa shape index (κ1) is 12.2. The minimum absolute atomic E-state index is 0.711. The molecule has 3 aromatic rings. The van der Waals surface area contributed by atoms with Gasteiger partial charge in [0, 0.05) is 6.42 Å². The minimum Gasteiger partial charge on any atom is -0.342 e. The summed E-state index contributed by atoms with van der Waals surface area (Å²) in [6.07, 6.45) is 3.10. The van der Waals surface area contributed by atoms with Crippen LogP contribution in [-0.2, 0) is 12.8 Å². The van der Waals surface area contributed by atoms with Crippen LogP contribution in [0.5, 0.6) is 0 Å². The van der Waals surface area contributed by atoms with Crippen molar-refractivity contribution in [2.75, 3.05) is 0 Å². The maximum Gasteiger partial charge on any atom is 0.107 e. The number of aromatic nitrogens is 2. The summed E-state index contributed by atoms with van der Waals surface area (Å²) in [5.41, 5.74) is 3.26. The van der Waals surface area contributed by atoms with Gasteiger partial charge >= 0.3 is 0 Å². The van der Waals surface area contributed by atoms with Crippen molar-refractivity contribution in [3.63, 3.8) is 0 Å². The molecule has 1 aromatic heterocycles. The van der Waals surface area contributed by atoms with Gasteiger partial charge in [0.2, 0.25) is 0 Å². The lowest BCUT2D eigenvalue weighted by Gasteiger charge is -1.99. The van der Waals surface area contributed by atoms with E-state index in [0.717, 1.165) is 36.1 Å². The summed E-state index contributed by atoms with van der Waals surface area (Å²) >= 11 is 6.12. The SMILES string of the molecule is Clc1cccc2[nH]c(CCCc3ccccc3)nc12. The Balaban J connectivity index is 1.67.